The van der Waals surface area contributed by atoms with Crippen molar-refractivity contribution < 1.29 is 4.74 Å². The lowest BCUT2D eigenvalue weighted by Gasteiger charge is -2.20. The van der Waals surface area contributed by atoms with Gasteiger partial charge >= 0.3 is 0 Å². The van der Waals surface area contributed by atoms with Gasteiger partial charge in [-0.3, -0.25) is 4.98 Å². The quantitative estimate of drug-likeness (QED) is 0.893. The van der Waals surface area contributed by atoms with Crippen LogP contribution in [-0.2, 0) is 6.42 Å². The van der Waals surface area contributed by atoms with E-state index in [1.165, 1.54) is 11.1 Å². The summed E-state index contributed by atoms with van der Waals surface area (Å²) in [5.74, 6) is 0.829. The highest BCUT2D eigenvalue weighted by atomic mass is 16.5. The van der Waals surface area contributed by atoms with Crippen molar-refractivity contribution in [2.24, 2.45) is 0 Å². The van der Waals surface area contributed by atoms with Crippen molar-refractivity contribution >= 4 is 0 Å². The number of aryl methyl sites for hydroxylation is 1. The molecule has 0 aliphatic rings. The number of methoxy groups -OCH3 is 1. The molecular weight excluding hydrogens is 236 g/mol. The van der Waals surface area contributed by atoms with E-state index in [0.717, 1.165) is 17.7 Å². The van der Waals surface area contributed by atoms with Gasteiger partial charge < -0.3 is 10.1 Å². The minimum atomic E-state index is 0.221. The van der Waals surface area contributed by atoms with E-state index in [0.29, 0.717) is 0 Å². The normalized spacial score (nSPS) is 12.2. The van der Waals surface area contributed by atoms with E-state index in [1.54, 1.807) is 19.5 Å². The Kier molecular flexibility index (Phi) is 4.53. The molecule has 100 valence electrons. The Morgan fingerprint density at radius 2 is 2.05 bits per heavy atom. The van der Waals surface area contributed by atoms with Gasteiger partial charge in [0.15, 0.2) is 0 Å². The van der Waals surface area contributed by atoms with Crippen LogP contribution in [-0.4, -0.2) is 19.1 Å². The van der Waals surface area contributed by atoms with Crippen LogP contribution in [0, 0.1) is 6.92 Å². The van der Waals surface area contributed by atoms with Crippen LogP contribution in [0.5, 0.6) is 5.75 Å². The van der Waals surface area contributed by atoms with Crippen LogP contribution < -0.4 is 10.1 Å². The van der Waals surface area contributed by atoms with Crippen LogP contribution in [0.2, 0.25) is 0 Å². The van der Waals surface area contributed by atoms with Gasteiger partial charge in [0, 0.05) is 17.8 Å². The topological polar surface area (TPSA) is 34.2 Å². The summed E-state index contributed by atoms with van der Waals surface area (Å²) < 4.78 is 5.39. The van der Waals surface area contributed by atoms with Crippen LogP contribution in [0.3, 0.4) is 0 Å². The first-order chi connectivity index (χ1) is 9.26. The number of benzene rings is 1. The monoisotopic (exact) mass is 256 g/mol. The molecule has 19 heavy (non-hydrogen) atoms. The van der Waals surface area contributed by atoms with Crippen LogP contribution in [0.1, 0.15) is 22.7 Å². The second-order valence-corrected chi connectivity index (χ2v) is 4.59. The summed E-state index contributed by atoms with van der Waals surface area (Å²) in [7, 11) is 3.66. The lowest BCUT2D eigenvalue weighted by molar-refractivity contribution is 0.399. The first kappa shape index (κ1) is 13.6. The highest BCUT2D eigenvalue weighted by Crippen LogP contribution is 2.27. The van der Waals surface area contributed by atoms with Crippen molar-refractivity contribution in [1.29, 1.82) is 0 Å². The predicted octanol–water partition coefficient (Wildman–Crippen LogP) is 2.90. The van der Waals surface area contributed by atoms with E-state index in [4.69, 9.17) is 4.74 Å². The van der Waals surface area contributed by atoms with Crippen molar-refractivity contribution in [1.82, 2.24) is 10.3 Å². The fourth-order valence-electron chi connectivity index (χ4n) is 2.28. The van der Waals surface area contributed by atoms with E-state index in [-0.39, 0.29) is 6.04 Å². The third-order valence-corrected chi connectivity index (χ3v) is 3.45. The molecule has 0 aliphatic carbocycles. The molecule has 0 radical (unpaired) electrons. The maximum atomic E-state index is 5.39. The molecule has 0 amide bonds. The molecule has 0 saturated heterocycles. The molecule has 1 N–H and O–H groups in total. The molecule has 0 fully saturated rings. The second kappa shape index (κ2) is 6.34. The summed E-state index contributed by atoms with van der Waals surface area (Å²) in [4.78, 5) is 4.10. The molecule has 2 aromatic rings. The zero-order valence-corrected chi connectivity index (χ0v) is 11.7. The summed E-state index contributed by atoms with van der Waals surface area (Å²) in [5, 5.41) is 3.36. The molecule has 1 unspecified atom stereocenters. The fourth-order valence-corrected chi connectivity index (χ4v) is 2.28. The van der Waals surface area contributed by atoms with Crippen LogP contribution in [0.25, 0.3) is 0 Å². The van der Waals surface area contributed by atoms with Crippen molar-refractivity contribution in [2.75, 3.05) is 14.2 Å². The molecule has 1 aromatic carbocycles. The molecule has 1 atom stereocenters. The Bertz CT molecular complexity index is 540. The molecule has 0 saturated carbocycles. The van der Waals surface area contributed by atoms with Gasteiger partial charge in [0.05, 0.1) is 13.3 Å². The number of hydrogen-bond donors (Lipinski definition) is 1. The number of hydrogen-bond acceptors (Lipinski definition) is 3. The lowest BCUT2D eigenvalue weighted by Crippen LogP contribution is -2.20. The number of nitrogens with one attached hydrogen (secondary N) is 1. The van der Waals surface area contributed by atoms with Crippen LogP contribution in [0.15, 0.2) is 42.7 Å². The van der Waals surface area contributed by atoms with Gasteiger partial charge in [-0.25, -0.2) is 0 Å². The molecule has 0 aliphatic heterocycles. The third kappa shape index (κ3) is 3.12. The van der Waals surface area contributed by atoms with Gasteiger partial charge in [-0.1, -0.05) is 24.3 Å². The van der Waals surface area contributed by atoms with Crippen molar-refractivity contribution in [2.45, 2.75) is 19.4 Å². The molecule has 3 nitrogen and oxygen atoms in total. The second-order valence-electron chi connectivity index (χ2n) is 4.59. The molecule has 0 bridgehead atoms. The minimum Gasteiger partial charge on any atom is -0.495 e. The number of aromatic nitrogens is 1. The number of pyridine rings is 1. The summed E-state index contributed by atoms with van der Waals surface area (Å²) in [6, 6.07) is 10.7. The Morgan fingerprint density at radius 3 is 2.74 bits per heavy atom. The van der Waals surface area contributed by atoms with Gasteiger partial charge in [-0.05, 0) is 37.6 Å². The number of ether oxygens (including phenoxy) is 1. The van der Waals surface area contributed by atoms with E-state index in [9.17, 15) is 0 Å². The Balaban J connectivity index is 2.28. The lowest BCUT2D eigenvalue weighted by atomic mass is 9.96. The first-order valence-electron chi connectivity index (χ1n) is 6.46. The first-order valence-corrected chi connectivity index (χ1v) is 6.46. The van der Waals surface area contributed by atoms with Crippen LogP contribution in [0.4, 0.5) is 0 Å². The molecular formula is C16H20N2O. The molecule has 1 heterocycles. The van der Waals surface area contributed by atoms with E-state index in [2.05, 4.69) is 41.5 Å². The summed E-state index contributed by atoms with van der Waals surface area (Å²) in [6.07, 6.45) is 4.50. The number of nitrogens with zero attached hydrogens (tertiary/aromatic N) is 1. The average Bonchev–Trinajstić information content (AvgIpc) is 2.46. The Morgan fingerprint density at radius 1 is 1.26 bits per heavy atom. The fraction of sp³-hybridized carbons (Fsp3) is 0.312. The van der Waals surface area contributed by atoms with Crippen molar-refractivity contribution in [3.8, 4) is 5.75 Å². The maximum Gasteiger partial charge on any atom is 0.141 e. The maximum absolute atomic E-state index is 5.39. The van der Waals surface area contributed by atoms with Crippen molar-refractivity contribution in [3.63, 3.8) is 0 Å². The van der Waals surface area contributed by atoms with E-state index < -0.39 is 0 Å². The van der Waals surface area contributed by atoms with Crippen molar-refractivity contribution in [3.05, 3.63) is 59.4 Å². The number of likely N-dealkylation sites (N-methyl/N-ethyl adjacent to an activating group) is 1. The van der Waals surface area contributed by atoms with E-state index in [1.807, 2.05) is 13.1 Å². The zero-order valence-electron chi connectivity index (χ0n) is 11.7. The standard InChI is InChI=1S/C16H20N2O/c1-12-6-4-5-7-13(12)10-15(17-2)14-8-9-18-11-16(14)19-3/h4-9,11,15,17H,10H2,1-3H3. The minimum absolute atomic E-state index is 0.221. The molecule has 2 rings (SSSR count). The average molecular weight is 256 g/mol. The number of rotatable bonds is 5. The highest BCUT2D eigenvalue weighted by Gasteiger charge is 2.15. The molecule has 3 heteroatoms. The van der Waals surface area contributed by atoms with Gasteiger partial charge in [-0.15, -0.1) is 0 Å². The summed E-state index contributed by atoms with van der Waals surface area (Å²) in [5.41, 5.74) is 3.81. The summed E-state index contributed by atoms with van der Waals surface area (Å²) in [6.45, 7) is 2.14. The van der Waals surface area contributed by atoms with E-state index >= 15 is 0 Å². The highest BCUT2D eigenvalue weighted by molar-refractivity contribution is 5.35. The van der Waals surface area contributed by atoms with Gasteiger partial charge in [0.25, 0.3) is 0 Å². The Hall–Kier alpha value is -1.87. The molecule has 1 aromatic heterocycles. The van der Waals surface area contributed by atoms with Crippen LogP contribution >= 0.6 is 0 Å². The zero-order chi connectivity index (χ0) is 13.7. The Labute approximate surface area is 114 Å². The summed E-state index contributed by atoms with van der Waals surface area (Å²) >= 11 is 0. The van der Waals surface area contributed by atoms with Gasteiger partial charge in [0.1, 0.15) is 5.75 Å². The third-order valence-electron chi connectivity index (χ3n) is 3.45. The van der Waals surface area contributed by atoms with Gasteiger partial charge in [0.2, 0.25) is 0 Å². The smallest absolute Gasteiger partial charge is 0.141 e. The predicted molar refractivity (Wildman–Crippen MR) is 77.5 cm³/mol. The SMILES string of the molecule is CNC(Cc1ccccc1C)c1ccncc1OC. The largest absolute Gasteiger partial charge is 0.495 e. The molecule has 0 spiro atoms. The van der Waals surface area contributed by atoms with Gasteiger partial charge in [-0.2, -0.15) is 0 Å².